The van der Waals surface area contributed by atoms with Gasteiger partial charge in [-0.05, 0) is 59.1 Å². The molecule has 1 amide bonds. The summed E-state index contributed by atoms with van der Waals surface area (Å²) in [5.41, 5.74) is 6.68. The van der Waals surface area contributed by atoms with Crippen LogP contribution in [0.4, 0.5) is 0 Å². The normalized spacial score (nSPS) is 17.1. The average molecular weight is 499 g/mol. The van der Waals surface area contributed by atoms with E-state index in [1.54, 1.807) is 4.90 Å². The second-order valence-corrected chi connectivity index (χ2v) is 10.8. The zero-order valence-corrected chi connectivity index (χ0v) is 21.9. The standard InChI is InChI=1S/C31H34N2O4/c1-31(2,3)23-13-11-21(12-14-23)19-22-7-6-9-25-28(24-8-4-5-10-26(24)32-29(22)25)30(35)37-20-27(34)33-15-17-36-18-16-33/h4-5,8,10-14,19H,6-7,9,15-18,20H2,1-3H3/b22-19-. The Morgan fingerprint density at radius 1 is 1.03 bits per heavy atom. The number of nitrogens with zero attached hydrogens (tertiary/aromatic N) is 2. The summed E-state index contributed by atoms with van der Waals surface area (Å²) < 4.78 is 10.9. The molecule has 0 radical (unpaired) electrons. The van der Waals surface area contributed by atoms with E-state index in [1.165, 1.54) is 5.56 Å². The molecular formula is C31H34N2O4. The zero-order chi connectivity index (χ0) is 26.0. The van der Waals surface area contributed by atoms with Crippen molar-refractivity contribution in [2.24, 2.45) is 0 Å². The fourth-order valence-corrected chi connectivity index (χ4v) is 5.09. The fraction of sp³-hybridized carbons (Fsp3) is 0.387. The van der Waals surface area contributed by atoms with Crippen LogP contribution in [0.15, 0.2) is 48.5 Å². The third-order valence-corrected chi connectivity index (χ3v) is 7.18. The molecule has 1 aliphatic carbocycles. The maximum absolute atomic E-state index is 13.4. The van der Waals surface area contributed by atoms with Gasteiger partial charge in [0.1, 0.15) is 0 Å². The summed E-state index contributed by atoms with van der Waals surface area (Å²) in [5, 5.41) is 0.765. The van der Waals surface area contributed by atoms with E-state index in [9.17, 15) is 9.59 Å². The van der Waals surface area contributed by atoms with Crippen LogP contribution in [0.2, 0.25) is 0 Å². The van der Waals surface area contributed by atoms with Gasteiger partial charge in [-0.2, -0.15) is 0 Å². The summed E-state index contributed by atoms with van der Waals surface area (Å²) in [4.78, 5) is 32.7. The van der Waals surface area contributed by atoms with Crippen molar-refractivity contribution < 1.29 is 19.1 Å². The first-order valence-electron chi connectivity index (χ1n) is 13.1. The van der Waals surface area contributed by atoms with Gasteiger partial charge in [0.15, 0.2) is 6.61 Å². The van der Waals surface area contributed by atoms with E-state index >= 15 is 0 Å². The minimum atomic E-state index is -0.466. The average Bonchev–Trinajstić information content (AvgIpc) is 2.91. The SMILES string of the molecule is CC(C)(C)c1ccc(/C=C2/CCCc3c2nc2ccccc2c3C(=O)OCC(=O)N2CCOCC2)cc1. The number of pyridine rings is 1. The number of amides is 1. The van der Waals surface area contributed by atoms with Gasteiger partial charge in [0.05, 0.1) is 30.0 Å². The number of benzene rings is 2. The van der Waals surface area contributed by atoms with Crippen LogP contribution < -0.4 is 0 Å². The van der Waals surface area contributed by atoms with E-state index < -0.39 is 5.97 Å². The summed E-state index contributed by atoms with van der Waals surface area (Å²) in [6.07, 6.45) is 4.74. The number of para-hydroxylation sites is 1. The highest BCUT2D eigenvalue weighted by molar-refractivity contribution is 6.07. The smallest absolute Gasteiger partial charge is 0.339 e. The van der Waals surface area contributed by atoms with Gasteiger partial charge in [0.25, 0.3) is 5.91 Å². The molecule has 0 spiro atoms. The number of fused-ring (bicyclic) bond motifs is 2. The van der Waals surface area contributed by atoms with Gasteiger partial charge in [-0.25, -0.2) is 9.78 Å². The molecule has 37 heavy (non-hydrogen) atoms. The van der Waals surface area contributed by atoms with Crippen LogP contribution in [0.1, 0.15) is 66.4 Å². The van der Waals surface area contributed by atoms with Crippen molar-refractivity contribution in [1.29, 1.82) is 0 Å². The van der Waals surface area contributed by atoms with Gasteiger partial charge < -0.3 is 14.4 Å². The molecule has 1 aromatic heterocycles. The van der Waals surface area contributed by atoms with Gasteiger partial charge in [0.2, 0.25) is 0 Å². The molecule has 1 fully saturated rings. The Hall–Kier alpha value is -3.51. The summed E-state index contributed by atoms with van der Waals surface area (Å²) in [5.74, 6) is -0.657. The van der Waals surface area contributed by atoms with Gasteiger partial charge in [0, 0.05) is 18.5 Å². The van der Waals surface area contributed by atoms with Crippen LogP contribution in [0, 0.1) is 0 Å². The van der Waals surface area contributed by atoms with Gasteiger partial charge in [-0.1, -0.05) is 63.2 Å². The lowest BCUT2D eigenvalue weighted by Gasteiger charge is -2.27. The lowest BCUT2D eigenvalue weighted by atomic mass is 9.85. The molecule has 5 rings (SSSR count). The molecule has 6 heteroatoms. The van der Waals surface area contributed by atoms with E-state index in [1.807, 2.05) is 24.3 Å². The maximum atomic E-state index is 13.4. The van der Waals surface area contributed by atoms with Crippen LogP contribution in [0.5, 0.6) is 0 Å². The molecule has 0 unspecified atom stereocenters. The zero-order valence-electron chi connectivity index (χ0n) is 21.9. The van der Waals surface area contributed by atoms with E-state index in [0.29, 0.717) is 31.9 Å². The number of carbonyl (C=O) groups is 2. The lowest BCUT2D eigenvalue weighted by Crippen LogP contribution is -2.42. The van der Waals surface area contributed by atoms with Crippen molar-refractivity contribution in [2.75, 3.05) is 32.9 Å². The second-order valence-electron chi connectivity index (χ2n) is 10.8. The Morgan fingerprint density at radius 2 is 1.76 bits per heavy atom. The van der Waals surface area contributed by atoms with E-state index in [4.69, 9.17) is 14.5 Å². The first-order valence-corrected chi connectivity index (χ1v) is 13.1. The lowest BCUT2D eigenvalue weighted by molar-refractivity contribution is -0.138. The third kappa shape index (κ3) is 5.44. The predicted octanol–water partition coefficient (Wildman–Crippen LogP) is 5.42. The summed E-state index contributed by atoms with van der Waals surface area (Å²) in [7, 11) is 0. The molecule has 2 aromatic carbocycles. The van der Waals surface area contributed by atoms with Crippen LogP contribution in [0.3, 0.4) is 0 Å². The van der Waals surface area contributed by atoms with Gasteiger partial charge in [-0.3, -0.25) is 4.79 Å². The minimum Gasteiger partial charge on any atom is -0.452 e. The first kappa shape index (κ1) is 25.2. The number of hydrogen-bond acceptors (Lipinski definition) is 5. The maximum Gasteiger partial charge on any atom is 0.339 e. The number of rotatable bonds is 4. The van der Waals surface area contributed by atoms with E-state index in [0.717, 1.165) is 52.6 Å². The summed E-state index contributed by atoms with van der Waals surface area (Å²) in [6.45, 7) is 8.43. The molecule has 0 bridgehead atoms. The van der Waals surface area contributed by atoms with Crippen LogP contribution in [0.25, 0.3) is 22.6 Å². The molecule has 1 aliphatic heterocycles. The van der Waals surface area contributed by atoms with Crippen molar-refractivity contribution in [3.05, 3.63) is 76.5 Å². The van der Waals surface area contributed by atoms with E-state index in [-0.39, 0.29) is 17.9 Å². The number of hydrogen-bond donors (Lipinski definition) is 0. The molecule has 0 saturated carbocycles. The highest BCUT2D eigenvalue weighted by Gasteiger charge is 2.27. The molecular weight excluding hydrogens is 464 g/mol. The largest absolute Gasteiger partial charge is 0.452 e. The molecule has 2 heterocycles. The molecule has 1 saturated heterocycles. The Bertz CT molecular complexity index is 1350. The summed E-state index contributed by atoms with van der Waals surface area (Å²) >= 11 is 0. The molecule has 6 nitrogen and oxygen atoms in total. The Kier molecular flexibility index (Phi) is 7.11. The third-order valence-electron chi connectivity index (χ3n) is 7.18. The first-order chi connectivity index (χ1) is 17.8. The second kappa shape index (κ2) is 10.5. The van der Waals surface area contributed by atoms with Crippen molar-refractivity contribution in [3.63, 3.8) is 0 Å². The number of ether oxygens (including phenoxy) is 2. The molecule has 3 aromatic rings. The monoisotopic (exact) mass is 498 g/mol. The number of carbonyl (C=O) groups excluding carboxylic acids is 2. The Labute approximate surface area is 218 Å². The van der Waals surface area contributed by atoms with E-state index in [2.05, 4.69) is 51.1 Å². The van der Waals surface area contributed by atoms with Crippen LogP contribution in [-0.2, 0) is 26.1 Å². The van der Waals surface area contributed by atoms with Crippen LogP contribution >= 0.6 is 0 Å². The highest BCUT2D eigenvalue weighted by atomic mass is 16.5. The Balaban J connectivity index is 1.48. The van der Waals surface area contributed by atoms with Gasteiger partial charge >= 0.3 is 5.97 Å². The fourth-order valence-electron chi connectivity index (χ4n) is 5.09. The molecule has 192 valence electrons. The van der Waals surface area contributed by atoms with Crippen molar-refractivity contribution in [3.8, 4) is 0 Å². The molecule has 0 atom stereocenters. The highest BCUT2D eigenvalue weighted by Crippen LogP contribution is 2.36. The van der Waals surface area contributed by atoms with Crippen molar-refractivity contribution in [2.45, 2.75) is 45.4 Å². The van der Waals surface area contributed by atoms with Crippen molar-refractivity contribution >= 4 is 34.4 Å². The minimum absolute atomic E-state index is 0.0992. The van der Waals surface area contributed by atoms with Gasteiger partial charge in [-0.15, -0.1) is 0 Å². The number of allylic oxidation sites excluding steroid dienone is 1. The summed E-state index contributed by atoms with van der Waals surface area (Å²) in [6, 6.07) is 16.3. The number of aromatic nitrogens is 1. The topological polar surface area (TPSA) is 68.7 Å². The molecule has 2 aliphatic rings. The Morgan fingerprint density at radius 3 is 2.49 bits per heavy atom. The number of morpholine rings is 1. The van der Waals surface area contributed by atoms with Crippen molar-refractivity contribution in [1.82, 2.24) is 9.88 Å². The predicted molar refractivity (Wildman–Crippen MR) is 145 cm³/mol. The number of esters is 1. The molecule has 0 N–H and O–H groups in total. The van der Waals surface area contributed by atoms with Crippen LogP contribution in [-0.4, -0.2) is 54.7 Å². The quantitative estimate of drug-likeness (QED) is 0.449.